The molecule has 146 valence electrons. The van der Waals surface area contributed by atoms with Crippen molar-refractivity contribution in [3.63, 3.8) is 0 Å². The lowest BCUT2D eigenvalue weighted by Gasteiger charge is -2.35. The lowest BCUT2D eigenvalue weighted by Crippen LogP contribution is -2.57. The van der Waals surface area contributed by atoms with Gasteiger partial charge in [0.15, 0.2) is 0 Å². The highest BCUT2D eigenvalue weighted by molar-refractivity contribution is 6.01. The van der Waals surface area contributed by atoms with Crippen molar-refractivity contribution in [1.82, 2.24) is 9.80 Å². The van der Waals surface area contributed by atoms with Crippen molar-refractivity contribution in [3.8, 4) is 6.07 Å². The number of likely N-dealkylation sites (tertiary alicyclic amines) is 2. The van der Waals surface area contributed by atoms with Crippen LogP contribution in [0.5, 0.6) is 0 Å². The van der Waals surface area contributed by atoms with Gasteiger partial charge in [-0.25, -0.2) is 4.39 Å². The highest BCUT2D eigenvalue weighted by Gasteiger charge is 2.55. The maximum absolute atomic E-state index is 13.2. The molecule has 28 heavy (non-hydrogen) atoms. The largest absolute Gasteiger partial charge is 0.322 e. The van der Waals surface area contributed by atoms with Crippen LogP contribution in [0.4, 0.5) is 10.1 Å². The fourth-order valence-electron chi connectivity index (χ4n) is 5.22. The van der Waals surface area contributed by atoms with Crippen LogP contribution in [0.1, 0.15) is 19.3 Å². The molecule has 1 aliphatic carbocycles. The minimum absolute atomic E-state index is 0.0109. The number of benzene rings is 1. The van der Waals surface area contributed by atoms with Gasteiger partial charge in [-0.2, -0.15) is 5.26 Å². The number of nitrogens with two attached hydrogens (primary N) is 1. The van der Waals surface area contributed by atoms with Crippen LogP contribution in [-0.4, -0.2) is 64.9 Å². The quantitative estimate of drug-likeness (QED) is 0.815. The van der Waals surface area contributed by atoms with Crippen molar-refractivity contribution in [2.45, 2.75) is 49.5 Å². The predicted octanol–water partition coefficient (Wildman–Crippen LogP) is 0.455. The summed E-state index contributed by atoms with van der Waals surface area (Å²) < 4.78 is 13.2. The normalized spacial score (nSPS) is 34.5. The zero-order valence-corrected chi connectivity index (χ0v) is 15.4. The number of hydrogen-bond donors (Lipinski definition) is 1. The van der Waals surface area contributed by atoms with E-state index in [1.165, 1.54) is 12.1 Å². The molecule has 2 N–H and O–H groups in total. The minimum atomic E-state index is -0.735. The average Bonchev–Trinajstić information content (AvgIpc) is 3.02. The maximum Gasteiger partial charge on any atom is 0.244 e. The van der Waals surface area contributed by atoms with E-state index in [2.05, 4.69) is 6.07 Å². The monoisotopic (exact) mass is 383 g/mol. The van der Waals surface area contributed by atoms with Gasteiger partial charge in [0.25, 0.3) is 0 Å². The molecule has 2 amide bonds. The average molecular weight is 383 g/mol. The molecule has 0 aromatic heterocycles. The van der Waals surface area contributed by atoms with Crippen LogP contribution in [0.2, 0.25) is 0 Å². The summed E-state index contributed by atoms with van der Waals surface area (Å²) in [5.74, 6) is -0.0837. The van der Waals surface area contributed by atoms with Crippen molar-refractivity contribution >= 4 is 17.5 Å². The van der Waals surface area contributed by atoms with Gasteiger partial charge in [0.05, 0.1) is 24.2 Å². The van der Waals surface area contributed by atoms with Crippen molar-refractivity contribution < 1.29 is 14.0 Å². The van der Waals surface area contributed by atoms with Crippen molar-refractivity contribution in [2.24, 2.45) is 11.7 Å². The number of nitriles is 1. The number of fused-ring (bicyclic) bond motifs is 3. The van der Waals surface area contributed by atoms with Gasteiger partial charge in [-0.1, -0.05) is 0 Å². The van der Waals surface area contributed by atoms with Crippen LogP contribution in [0, 0.1) is 23.1 Å². The Morgan fingerprint density at radius 3 is 2.71 bits per heavy atom. The summed E-state index contributed by atoms with van der Waals surface area (Å²) in [5.41, 5.74) is 6.91. The van der Waals surface area contributed by atoms with E-state index in [1.54, 1.807) is 21.9 Å². The Bertz CT molecular complexity index is 868. The summed E-state index contributed by atoms with van der Waals surface area (Å²) in [6.45, 7) is 0.956. The van der Waals surface area contributed by atoms with Gasteiger partial charge in [-0.15, -0.1) is 0 Å². The Morgan fingerprint density at radius 1 is 1.29 bits per heavy atom. The number of piperazine rings is 1. The Morgan fingerprint density at radius 2 is 2.04 bits per heavy atom. The Balaban J connectivity index is 1.25. The van der Waals surface area contributed by atoms with Crippen LogP contribution in [0.25, 0.3) is 0 Å². The summed E-state index contributed by atoms with van der Waals surface area (Å²) in [6.07, 6.45) is 2.40. The van der Waals surface area contributed by atoms with Gasteiger partial charge >= 0.3 is 0 Å². The molecule has 1 saturated carbocycles. The van der Waals surface area contributed by atoms with Crippen molar-refractivity contribution in [2.75, 3.05) is 18.0 Å². The number of nitrogens with zero attached hydrogens (tertiary/aromatic N) is 4. The van der Waals surface area contributed by atoms with Gasteiger partial charge in [0.2, 0.25) is 11.8 Å². The van der Waals surface area contributed by atoms with E-state index in [-0.39, 0.29) is 41.8 Å². The molecule has 1 unspecified atom stereocenters. The van der Waals surface area contributed by atoms with Gasteiger partial charge < -0.3 is 15.5 Å². The topological polar surface area (TPSA) is 93.7 Å². The third-order valence-electron chi connectivity index (χ3n) is 6.63. The SMILES string of the molecule is N#C[C@@H]1C[C@@H]2C[C@@H]2N1C(=O)[C@@H](N)CN1CC2C[C@@H]1C(=O)N2c1ccc(F)cc1. The highest BCUT2D eigenvalue weighted by atomic mass is 19.1. The Kier molecular flexibility index (Phi) is 3.93. The number of rotatable bonds is 4. The number of carbonyl (C=O) groups excluding carboxylic acids is 2. The van der Waals surface area contributed by atoms with Crippen molar-refractivity contribution in [1.29, 1.82) is 5.26 Å². The van der Waals surface area contributed by atoms with E-state index >= 15 is 0 Å². The number of piperidine rings is 1. The molecule has 4 aliphatic rings. The highest BCUT2D eigenvalue weighted by Crippen LogP contribution is 2.47. The molecule has 4 fully saturated rings. The molecule has 3 aliphatic heterocycles. The third-order valence-corrected chi connectivity index (χ3v) is 6.63. The molecule has 0 spiro atoms. The molecule has 6 atom stereocenters. The van der Waals surface area contributed by atoms with Crippen molar-refractivity contribution in [3.05, 3.63) is 30.1 Å². The standard InChI is InChI=1S/C20H22FN5O2/c21-12-1-3-13(4-2-12)25-15-7-18(20(25)28)24(9-15)10-16(23)19(27)26-14(8-22)5-11-6-17(11)26/h1-4,11,14-18H,5-7,9-10,23H2/t11-,14+,15?,16+,17+,18-/m1/s1. The summed E-state index contributed by atoms with van der Waals surface area (Å²) >= 11 is 0. The summed E-state index contributed by atoms with van der Waals surface area (Å²) in [7, 11) is 0. The number of amides is 2. The van der Waals surface area contributed by atoms with E-state index < -0.39 is 6.04 Å². The number of anilines is 1. The molecule has 3 saturated heterocycles. The van der Waals surface area contributed by atoms with E-state index in [0.29, 0.717) is 31.1 Å². The second kappa shape index (κ2) is 6.26. The first-order chi connectivity index (χ1) is 13.5. The first kappa shape index (κ1) is 17.6. The molecule has 8 heteroatoms. The van der Waals surface area contributed by atoms with E-state index in [0.717, 1.165) is 12.8 Å². The summed E-state index contributed by atoms with van der Waals surface area (Å²) in [4.78, 5) is 31.1. The zero-order valence-electron chi connectivity index (χ0n) is 15.4. The number of halogens is 1. The number of carbonyl (C=O) groups is 2. The van der Waals surface area contributed by atoms with Gasteiger partial charge in [-0.3, -0.25) is 14.5 Å². The van der Waals surface area contributed by atoms with E-state index in [4.69, 9.17) is 5.73 Å². The molecule has 1 aromatic carbocycles. The van der Waals surface area contributed by atoms with Crippen LogP contribution < -0.4 is 10.6 Å². The molecule has 3 heterocycles. The second-order valence-electron chi connectivity index (χ2n) is 8.34. The van der Waals surface area contributed by atoms with Gasteiger partial charge in [0, 0.05) is 24.8 Å². The Hall–Kier alpha value is -2.50. The van der Waals surface area contributed by atoms with Crippen LogP contribution in [-0.2, 0) is 9.59 Å². The third kappa shape index (κ3) is 2.61. The van der Waals surface area contributed by atoms with Crippen LogP contribution >= 0.6 is 0 Å². The fourth-order valence-corrected chi connectivity index (χ4v) is 5.22. The van der Waals surface area contributed by atoms with E-state index in [9.17, 15) is 19.2 Å². The van der Waals surface area contributed by atoms with Gasteiger partial charge in [0.1, 0.15) is 11.9 Å². The first-order valence-corrected chi connectivity index (χ1v) is 9.78. The Labute approximate surface area is 162 Å². The molecule has 7 nitrogen and oxygen atoms in total. The first-order valence-electron chi connectivity index (χ1n) is 9.78. The summed E-state index contributed by atoms with van der Waals surface area (Å²) in [5, 5.41) is 9.30. The molecular weight excluding hydrogens is 361 g/mol. The molecule has 2 bridgehead atoms. The van der Waals surface area contributed by atoms with Crippen LogP contribution in [0.3, 0.4) is 0 Å². The predicted molar refractivity (Wildman–Crippen MR) is 98.4 cm³/mol. The number of hydrogen-bond acceptors (Lipinski definition) is 5. The lowest BCUT2D eigenvalue weighted by atomic mass is 10.1. The zero-order chi connectivity index (χ0) is 19.6. The molecule has 0 radical (unpaired) electrons. The van der Waals surface area contributed by atoms with Gasteiger partial charge in [-0.05, 0) is 49.4 Å². The van der Waals surface area contributed by atoms with Crippen LogP contribution in [0.15, 0.2) is 24.3 Å². The fraction of sp³-hybridized carbons (Fsp3) is 0.550. The molecule has 5 rings (SSSR count). The maximum atomic E-state index is 13.2. The van der Waals surface area contributed by atoms with E-state index in [1.807, 2.05) is 4.90 Å². The molecule has 1 aromatic rings. The lowest BCUT2D eigenvalue weighted by molar-refractivity contribution is -0.135. The summed E-state index contributed by atoms with van der Waals surface area (Å²) in [6, 6.07) is 6.95. The molecular formula is C20H22FN5O2. The second-order valence-corrected chi connectivity index (χ2v) is 8.34. The smallest absolute Gasteiger partial charge is 0.244 e. The minimum Gasteiger partial charge on any atom is -0.322 e.